The number of carbonyl (C=O) groups is 2. The summed E-state index contributed by atoms with van der Waals surface area (Å²) in [5, 5.41) is 3.03. The molecule has 2 heterocycles. The van der Waals surface area contributed by atoms with Gasteiger partial charge in [0, 0.05) is 13.1 Å². The summed E-state index contributed by atoms with van der Waals surface area (Å²) in [5.41, 5.74) is -0.398. The largest absolute Gasteiger partial charge is 0.468 e. The highest BCUT2D eigenvalue weighted by atomic mass is 35.5. The maximum Gasteiger partial charge on any atom is 0.411 e. The Morgan fingerprint density at radius 3 is 2.73 bits per heavy atom. The molecular formula is C8H13ClN2O4. The molecular weight excluding hydrogens is 224 g/mol. The number of hydrogen-bond acceptors (Lipinski definition) is 5. The van der Waals surface area contributed by atoms with E-state index in [2.05, 4.69) is 10.1 Å². The minimum absolute atomic E-state index is 0. The van der Waals surface area contributed by atoms with Gasteiger partial charge in [-0.05, 0) is 0 Å². The van der Waals surface area contributed by atoms with Crippen molar-refractivity contribution in [3.05, 3.63) is 0 Å². The summed E-state index contributed by atoms with van der Waals surface area (Å²) in [6, 6.07) is 0. The van der Waals surface area contributed by atoms with Gasteiger partial charge in [0.05, 0.1) is 13.7 Å². The van der Waals surface area contributed by atoms with Crippen molar-refractivity contribution >= 4 is 24.5 Å². The Morgan fingerprint density at radius 1 is 1.67 bits per heavy atom. The number of amides is 1. The zero-order chi connectivity index (χ0) is 10.2. The monoisotopic (exact) mass is 236 g/mol. The number of nitrogens with one attached hydrogen (secondary N) is 1. The van der Waals surface area contributed by atoms with Crippen molar-refractivity contribution in [1.29, 1.82) is 0 Å². The molecule has 1 spiro atoms. The van der Waals surface area contributed by atoms with Gasteiger partial charge < -0.3 is 14.8 Å². The number of rotatable bonds is 2. The summed E-state index contributed by atoms with van der Waals surface area (Å²) in [4.78, 5) is 23.6. The average molecular weight is 237 g/mol. The van der Waals surface area contributed by atoms with Gasteiger partial charge in [0.2, 0.25) is 0 Å². The van der Waals surface area contributed by atoms with Crippen molar-refractivity contribution in [2.45, 2.75) is 5.60 Å². The van der Waals surface area contributed by atoms with E-state index >= 15 is 0 Å². The van der Waals surface area contributed by atoms with Crippen LogP contribution >= 0.6 is 12.4 Å². The number of carbonyl (C=O) groups excluding carboxylic acids is 2. The summed E-state index contributed by atoms with van der Waals surface area (Å²) < 4.78 is 9.64. The molecule has 0 aromatic rings. The van der Waals surface area contributed by atoms with Crippen LogP contribution in [-0.4, -0.2) is 55.9 Å². The smallest absolute Gasteiger partial charge is 0.411 e. The first kappa shape index (κ1) is 12.1. The lowest BCUT2D eigenvalue weighted by atomic mass is 9.97. The number of halogens is 1. The Hall–Kier alpha value is -1.01. The molecule has 0 aromatic carbocycles. The number of hydrogen-bond donors (Lipinski definition) is 1. The van der Waals surface area contributed by atoms with E-state index in [-0.39, 0.29) is 19.0 Å². The first-order chi connectivity index (χ1) is 6.65. The van der Waals surface area contributed by atoms with Gasteiger partial charge in [0.15, 0.2) is 5.60 Å². The Bertz CT molecular complexity index is 280. The topological polar surface area (TPSA) is 67.9 Å². The Kier molecular flexibility index (Phi) is 3.41. The molecule has 2 aliphatic rings. The normalized spacial score (nSPS) is 21.7. The summed E-state index contributed by atoms with van der Waals surface area (Å²) in [6.45, 7) is 1.76. The highest BCUT2D eigenvalue weighted by Gasteiger charge is 2.49. The van der Waals surface area contributed by atoms with E-state index in [1.165, 1.54) is 12.0 Å². The Labute approximate surface area is 93.3 Å². The first-order valence-corrected chi connectivity index (χ1v) is 4.41. The molecule has 1 amide bonds. The summed E-state index contributed by atoms with van der Waals surface area (Å²) in [6.07, 6.45) is -0.433. The summed E-state index contributed by atoms with van der Waals surface area (Å²) in [5.74, 6) is -0.425. The second-order valence-electron chi connectivity index (χ2n) is 3.59. The minimum atomic E-state index is -0.433. The number of esters is 1. The van der Waals surface area contributed by atoms with Crippen LogP contribution in [0.15, 0.2) is 0 Å². The molecule has 7 heteroatoms. The fourth-order valence-corrected chi connectivity index (χ4v) is 1.62. The van der Waals surface area contributed by atoms with Crippen LogP contribution in [0.3, 0.4) is 0 Å². The SMILES string of the molecule is COC(=O)CN1CC2(CNC2)OC1=O.Cl. The molecule has 0 unspecified atom stereocenters. The van der Waals surface area contributed by atoms with Gasteiger partial charge in [-0.3, -0.25) is 9.69 Å². The van der Waals surface area contributed by atoms with Crippen molar-refractivity contribution in [2.75, 3.05) is 33.3 Å². The second kappa shape index (κ2) is 4.24. The third-order valence-corrected chi connectivity index (χ3v) is 2.48. The van der Waals surface area contributed by atoms with Crippen LogP contribution in [0, 0.1) is 0 Å². The molecule has 2 rings (SSSR count). The minimum Gasteiger partial charge on any atom is -0.468 e. The summed E-state index contributed by atoms with van der Waals surface area (Å²) in [7, 11) is 1.30. The van der Waals surface area contributed by atoms with Crippen molar-refractivity contribution in [3.63, 3.8) is 0 Å². The predicted octanol–water partition coefficient (Wildman–Crippen LogP) is -0.625. The molecule has 15 heavy (non-hydrogen) atoms. The molecule has 86 valence electrons. The van der Waals surface area contributed by atoms with Gasteiger partial charge in [-0.2, -0.15) is 0 Å². The number of ether oxygens (including phenoxy) is 2. The van der Waals surface area contributed by atoms with Crippen molar-refractivity contribution in [2.24, 2.45) is 0 Å². The maximum absolute atomic E-state index is 11.3. The molecule has 0 radical (unpaired) electrons. The van der Waals surface area contributed by atoms with Crippen LogP contribution in [-0.2, 0) is 14.3 Å². The standard InChI is InChI=1S/C8H12N2O4.ClH/c1-13-6(11)2-10-5-8(3-9-4-8)14-7(10)12;/h9H,2-5H2,1H3;1H. The first-order valence-electron chi connectivity index (χ1n) is 4.41. The van der Waals surface area contributed by atoms with Crippen molar-refractivity contribution in [3.8, 4) is 0 Å². The van der Waals surface area contributed by atoms with Gasteiger partial charge in [-0.15, -0.1) is 12.4 Å². The molecule has 2 aliphatic heterocycles. The lowest BCUT2D eigenvalue weighted by Gasteiger charge is -2.36. The molecule has 0 saturated carbocycles. The van der Waals surface area contributed by atoms with Crippen LogP contribution in [0.4, 0.5) is 4.79 Å². The predicted molar refractivity (Wildman–Crippen MR) is 52.9 cm³/mol. The van der Waals surface area contributed by atoms with Gasteiger partial charge >= 0.3 is 12.1 Å². The van der Waals surface area contributed by atoms with E-state index in [1.807, 2.05) is 0 Å². The molecule has 6 nitrogen and oxygen atoms in total. The van der Waals surface area contributed by atoms with Crippen LogP contribution < -0.4 is 5.32 Å². The third-order valence-electron chi connectivity index (χ3n) is 2.48. The zero-order valence-electron chi connectivity index (χ0n) is 8.32. The van der Waals surface area contributed by atoms with Crippen LogP contribution in [0.5, 0.6) is 0 Å². The molecule has 0 aliphatic carbocycles. The summed E-state index contributed by atoms with van der Waals surface area (Å²) >= 11 is 0. The van der Waals surface area contributed by atoms with E-state index in [4.69, 9.17) is 4.74 Å². The molecule has 0 atom stereocenters. The van der Waals surface area contributed by atoms with Crippen LogP contribution in [0.1, 0.15) is 0 Å². The maximum atomic E-state index is 11.3. The lowest BCUT2D eigenvalue weighted by Crippen LogP contribution is -2.61. The quantitative estimate of drug-likeness (QED) is 0.647. The fraction of sp³-hybridized carbons (Fsp3) is 0.750. The zero-order valence-corrected chi connectivity index (χ0v) is 9.13. The Balaban J connectivity index is 0.00000112. The fourth-order valence-electron chi connectivity index (χ4n) is 1.62. The number of methoxy groups -OCH3 is 1. The van der Waals surface area contributed by atoms with Crippen molar-refractivity contribution in [1.82, 2.24) is 10.2 Å². The molecule has 2 saturated heterocycles. The molecule has 0 aromatic heterocycles. The highest BCUT2D eigenvalue weighted by Crippen LogP contribution is 2.26. The van der Waals surface area contributed by atoms with Crippen LogP contribution in [0.2, 0.25) is 0 Å². The second-order valence-corrected chi connectivity index (χ2v) is 3.59. The third kappa shape index (κ3) is 2.15. The molecule has 0 bridgehead atoms. The van der Waals surface area contributed by atoms with Gasteiger partial charge in [0.25, 0.3) is 0 Å². The van der Waals surface area contributed by atoms with E-state index in [1.54, 1.807) is 0 Å². The van der Waals surface area contributed by atoms with E-state index in [9.17, 15) is 9.59 Å². The molecule has 1 N–H and O–H groups in total. The molecule has 2 fully saturated rings. The van der Waals surface area contributed by atoms with E-state index < -0.39 is 17.7 Å². The Morgan fingerprint density at radius 2 is 2.33 bits per heavy atom. The van der Waals surface area contributed by atoms with E-state index in [0.717, 1.165) is 0 Å². The van der Waals surface area contributed by atoms with Gasteiger partial charge in [0.1, 0.15) is 6.54 Å². The van der Waals surface area contributed by atoms with Gasteiger partial charge in [-0.1, -0.05) is 0 Å². The van der Waals surface area contributed by atoms with Gasteiger partial charge in [-0.25, -0.2) is 4.79 Å². The van der Waals surface area contributed by atoms with Crippen molar-refractivity contribution < 1.29 is 19.1 Å². The number of nitrogens with zero attached hydrogens (tertiary/aromatic N) is 1. The van der Waals surface area contributed by atoms with Crippen LogP contribution in [0.25, 0.3) is 0 Å². The highest BCUT2D eigenvalue weighted by molar-refractivity contribution is 5.85. The average Bonchev–Trinajstić information content (AvgIpc) is 2.43. The lowest BCUT2D eigenvalue weighted by molar-refractivity contribution is -0.141. The van der Waals surface area contributed by atoms with E-state index in [0.29, 0.717) is 19.6 Å².